The second-order valence-electron chi connectivity index (χ2n) is 6.39. The number of aryl methyl sites for hydroxylation is 1. The van der Waals surface area contributed by atoms with Crippen molar-refractivity contribution in [3.05, 3.63) is 101 Å². The average molecular weight is 357 g/mol. The minimum absolute atomic E-state index is 0.360. The maximum absolute atomic E-state index is 13.6. The molecule has 1 aliphatic heterocycles. The standard InChI is InChI=1S/C23H16FNO2/c1-15-7-2-5-12-21(15)25-22(26)19-11-4-3-10-18(19)20(23(25)27)14-16-8-6-9-17(24)13-16/h2-14H,1H3/b20-14-. The van der Waals surface area contributed by atoms with Crippen molar-refractivity contribution < 1.29 is 14.0 Å². The van der Waals surface area contributed by atoms with Crippen molar-refractivity contribution in [2.45, 2.75) is 6.92 Å². The lowest BCUT2D eigenvalue weighted by Crippen LogP contribution is -2.42. The quantitative estimate of drug-likeness (QED) is 0.485. The molecule has 0 atom stereocenters. The molecule has 0 aromatic heterocycles. The van der Waals surface area contributed by atoms with Gasteiger partial charge in [0, 0.05) is 11.1 Å². The first-order valence-corrected chi connectivity index (χ1v) is 8.57. The van der Waals surface area contributed by atoms with Crippen LogP contribution < -0.4 is 4.90 Å². The number of para-hydroxylation sites is 1. The number of nitrogens with zero attached hydrogens (tertiary/aromatic N) is 1. The molecule has 2 amide bonds. The molecular weight excluding hydrogens is 341 g/mol. The molecule has 0 aliphatic carbocycles. The Morgan fingerprint density at radius 2 is 1.52 bits per heavy atom. The molecule has 132 valence electrons. The number of carbonyl (C=O) groups excluding carboxylic acids is 2. The Morgan fingerprint density at radius 3 is 2.26 bits per heavy atom. The van der Waals surface area contributed by atoms with E-state index >= 15 is 0 Å². The Hall–Kier alpha value is -3.53. The average Bonchev–Trinajstić information content (AvgIpc) is 2.67. The first-order chi connectivity index (χ1) is 13.1. The number of anilines is 1. The molecule has 1 heterocycles. The number of halogens is 1. The zero-order chi connectivity index (χ0) is 19.0. The van der Waals surface area contributed by atoms with Crippen molar-refractivity contribution in [1.29, 1.82) is 0 Å². The summed E-state index contributed by atoms with van der Waals surface area (Å²) in [5, 5.41) is 0. The van der Waals surface area contributed by atoms with Crippen LogP contribution in [0, 0.1) is 12.7 Å². The molecule has 4 rings (SSSR count). The highest BCUT2D eigenvalue weighted by atomic mass is 19.1. The van der Waals surface area contributed by atoms with Gasteiger partial charge >= 0.3 is 0 Å². The number of carbonyl (C=O) groups is 2. The smallest absolute Gasteiger partial charge is 0.265 e. The number of fused-ring (bicyclic) bond motifs is 1. The number of hydrogen-bond donors (Lipinski definition) is 0. The molecule has 4 heteroatoms. The van der Waals surface area contributed by atoms with Crippen molar-refractivity contribution in [2.24, 2.45) is 0 Å². The monoisotopic (exact) mass is 357 g/mol. The zero-order valence-electron chi connectivity index (χ0n) is 14.6. The van der Waals surface area contributed by atoms with Gasteiger partial charge in [0.25, 0.3) is 11.8 Å². The van der Waals surface area contributed by atoms with E-state index in [0.717, 1.165) is 5.56 Å². The fourth-order valence-corrected chi connectivity index (χ4v) is 3.29. The van der Waals surface area contributed by atoms with E-state index in [1.54, 1.807) is 54.6 Å². The molecule has 3 aromatic carbocycles. The lowest BCUT2D eigenvalue weighted by atomic mass is 9.91. The number of hydrogen-bond acceptors (Lipinski definition) is 2. The minimum Gasteiger partial charge on any atom is -0.268 e. The van der Waals surface area contributed by atoms with Gasteiger partial charge in [-0.2, -0.15) is 0 Å². The summed E-state index contributed by atoms with van der Waals surface area (Å²) in [4.78, 5) is 27.5. The van der Waals surface area contributed by atoms with Gasteiger partial charge in [0.2, 0.25) is 0 Å². The van der Waals surface area contributed by atoms with Crippen molar-refractivity contribution in [2.75, 3.05) is 4.90 Å². The molecule has 0 N–H and O–H groups in total. The van der Waals surface area contributed by atoms with Crippen LogP contribution in [0.3, 0.4) is 0 Å². The third-order valence-corrected chi connectivity index (χ3v) is 4.60. The minimum atomic E-state index is -0.419. The molecule has 0 saturated carbocycles. The van der Waals surface area contributed by atoms with Crippen LogP contribution in [0.1, 0.15) is 27.0 Å². The van der Waals surface area contributed by atoms with Gasteiger partial charge in [0.05, 0.1) is 5.69 Å². The molecule has 0 saturated heterocycles. The lowest BCUT2D eigenvalue weighted by molar-refractivity contribution is -0.112. The maximum atomic E-state index is 13.6. The summed E-state index contributed by atoms with van der Waals surface area (Å²) in [6.07, 6.45) is 1.63. The first kappa shape index (κ1) is 16.9. The van der Waals surface area contributed by atoms with Gasteiger partial charge in [-0.25, -0.2) is 9.29 Å². The topological polar surface area (TPSA) is 37.4 Å². The van der Waals surface area contributed by atoms with Crippen molar-refractivity contribution >= 4 is 29.2 Å². The van der Waals surface area contributed by atoms with Gasteiger partial charge in [0.15, 0.2) is 0 Å². The summed E-state index contributed by atoms with van der Waals surface area (Å²) in [7, 11) is 0. The summed E-state index contributed by atoms with van der Waals surface area (Å²) in [5.74, 6) is -1.16. The molecule has 27 heavy (non-hydrogen) atoms. The van der Waals surface area contributed by atoms with Crippen LogP contribution in [0.25, 0.3) is 11.6 Å². The summed E-state index contributed by atoms with van der Waals surface area (Å²) in [6, 6.07) is 20.3. The highest BCUT2D eigenvalue weighted by molar-refractivity contribution is 6.43. The fraction of sp³-hybridized carbons (Fsp3) is 0.0435. The first-order valence-electron chi connectivity index (χ1n) is 8.57. The second-order valence-corrected chi connectivity index (χ2v) is 6.39. The third kappa shape index (κ3) is 2.95. The number of imide groups is 1. The zero-order valence-corrected chi connectivity index (χ0v) is 14.6. The SMILES string of the molecule is Cc1ccccc1N1C(=O)/C(=C\c2cccc(F)c2)c2ccccc2C1=O. The van der Waals surface area contributed by atoms with E-state index in [-0.39, 0.29) is 11.7 Å². The van der Waals surface area contributed by atoms with E-state index in [0.29, 0.717) is 28.0 Å². The highest BCUT2D eigenvalue weighted by Crippen LogP contribution is 2.34. The Kier molecular flexibility index (Phi) is 4.16. The summed E-state index contributed by atoms with van der Waals surface area (Å²) >= 11 is 0. The molecule has 0 unspecified atom stereocenters. The summed E-state index contributed by atoms with van der Waals surface area (Å²) in [5.41, 5.74) is 3.30. The molecule has 3 aromatic rings. The fourth-order valence-electron chi connectivity index (χ4n) is 3.29. The van der Waals surface area contributed by atoms with Crippen LogP contribution in [-0.4, -0.2) is 11.8 Å². The van der Waals surface area contributed by atoms with Gasteiger partial charge < -0.3 is 0 Å². The number of benzene rings is 3. The van der Waals surface area contributed by atoms with Crippen molar-refractivity contribution in [3.63, 3.8) is 0 Å². The largest absolute Gasteiger partial charge is 0.268 e. The molecule has 0 fully saturated rings. The van der Waals surface area contributed by atoms with Crippen LogP contribution in [0.2, 0.25) is 0 Å². The van der Waals surface area contributed by atoms with E-state index < -0.39 is 5.91 Å². The number of rotatable bonds is 2. The Labute approximate surface area is 156 Å². The van der Waals surface area contributed by atoms with E-state index in [4.69, 9.17) is 0 Å². The third-order valence-electron chi connectivity index (χ3n) is 4.60. The summed E-state index contributed by atoms with van der Waals surface area (Å²) in [6.45, 7) is 1.85. The van der Waals surface area contributed by atoms with E-state index in [1.165, 1.54) is 17.0 Å². The van der Waals surface area contributed by atoms with Crippen molar-refractivity contribution in [1.82, 2.24) is 0 Å². The van der Waals surface area contributed by atoms with Crippen LogP contribution >= 0.6 is 0 Å². The predicted molar refractivity (Wildman–Crippen MR) is 104 cm³/mol. The predicted octanol–water partition coefficient (Wildman–Crippen LogP) is 4.86. The van der Waals surface area contributed by atoms with Gasteiger partial charge in [-0.05, 0) is 54.0 Å². The van der Waals surface area contributed by atoms with Crippen LogP contribution in [-0.2, 0) is 4.79 Å². The van der Waals surface area contributed by atoms with E-state index in [2.05, 4.69) is 0 Å². The lowest BCUT2D eigenvalue weighted by Gasteiger charge is -2.29. The van der Waals surface area contributed by atoms with Gasteiger partial charge in [-0.3, -0.25) is 9.59 Å². The summed E-state index contributed by atoms with van der Waals surface area (Å²) < 4.78 is 13.6. The number of amides is 2. The maximum Gasteiger partial charge on any atom is 0.265 e. The normalized spacial score (nSPS) is 15.2. The van der Waals surface area contributed by atoms with Gasteiger partial charge in [0.1, 0.15) is 5.82 Å². The Balaban J connectivity index is 1.93. The highest BCUT2D eigenvalue weighted by Gasteiger charge is 2.36. The van der Waals surface area contributed by atoms with Crippen LogP contribution in [0.5, 0.6) is 0 Å². The molecule has 0 radical (unpaired) electrons. The van der Waals surface area contributed by atoms with Crippen molar-refractivity contribution in [3.8, 4) is 0 Å². The molecule has 0 bridgehead atoms. The molecule has 3 nitrogen and oxygen atoms in total. The molecular formula is C23H16FNO2. The Bertz CT molecular complexity index is 1100. The molecule has 0 spiro atoms. The van der Waals surface area contributed by atoms with Gasteiger partial charge in [-0.15, -0.1) is 0 Å². The van der Waals surface area contributed by atoms with Crippen LogP contribution in [0.15, 0.2) is 72.8 Å². The van der Waals surface area contributed by atoms with Crippen LogP contribution in [0.4, 0.5) is 10.1 Å². The van der Waals surface area contributed by atoms with E-state index in [9.17, 15) is 14.0 Å². The second kappa shape index (κ2) is 6.65. The molecule has 1 aliphatic rings. The van der Waals surface area contributed by atoms with Gasteiger partial charge in [-0.1, -0.05) is 48.5 Å². The van der Waals surface area contributed by atoms with E-state index in [1.807, 2.05) is 19.1 Å². The Morgan fingerprint density at radius 1 is 0.815 bits per heavy atom.